The van der Waals surface area contributed by atoms with E-state index in [1.54, 1.807) is 6.92 Å². The van der Waals surface area contributed by atoms with Crippen molar-refractivity contribution in [3.8, 4) is 0 Å². The SMILES string of the molecule is CCOC(=O)c1c[nH]c2ccc(C3CCCCCCC3)cc2c1=O. The lowest BCUT2D eigenvalue weighted by Crippen LogP contribution is -2.18. The summed E-state index contributed by atoms with van der Waals surface area (Å²) in [5.41, 5.74) is 1.83. The van der Waals surface area contributed by atoms with Gasteiger partial charge in [0.05, 0.1) is 6.61 Å². The molecule has 4 heteroatoms. The number of hydrogen-bond acceptors (Lipinski definition) is 3. The van der Waals surface area contributed by atoms with E-state index in [1.165, 1.54) is 56.7 Å². The zero-order chi connectivity index (χ0) is 16.9. The van der Waals surface area contributed by atoms with Gasteiger partial charge in [0.2, 0.25) is 5.43 Å². The van der Waals surface area contributed by atoms with E-state index < -0.39 is 5.97 Å². The van der Waals surface area contributed by atoms with E-state index in [-0.39, 0.29) is 17.6 Å². The van der Waals surface area contributed by atoms with Gasteiger partial charge < -0.3 is 9.72 Å². The summed E-state index contributed by atoms with van der Waals surface area (Å²) in [6, 6.07) is 6.05. The molecule has 1 fully saturated rings. The number of rotatable bonds is 3. The number of pyridine rings is 1. The Hall–Kier alpha value is -2.10. The Morgan fingerprint density at radius 2 is 1.88 bits per heavy atom. The van der Waals surface area contributed by atoms with Crippen molar-refractivity contribution >= 4 is 16.9 Å². The molecule has 4 nitrogen and oxygen atoms in total. The number of H-pyrrole nitrogens is 1. The monoisotopic (exact) mass is 327 g/mol. The maximum atomic E-state index is 12.7. The standard InChI is InChI=1S/C20H25NO3/c1-2-24-20(23)17-13-21-18-11-10-15(12-16(18)19(17)22)14-8-6-4-3-5-7-9-14/h10-14H,2-9H2,1H3,(H,21,22). The molecule has 0 saturated heterocycles. The molecule has 1 aromatic carbocycles. The molecular formula is C20H25NO3. The summed E-state index contributed by atoms with van der Waals surface area (Å²) in [5, 5.41) is 0.583. The van der Waals surface area contributed by atoms with Gasteiger partial charge in [0, 0.05) is 17.1 Å². The van der Waals surface area contributed by atoms with E-state index in [9.17, 15) is 9.59 Å². The van der Waals surface area contributed by atoms with E-state index in [1.807, 2.05) is 12.1 Å². The Bertz CT molecular complexity index is 770. The number of aromatic nitrogens is 1. The smallest absolute Gasteiger partial charge is 0.343 e. The molecule has 1 heterocycles. The number of carbonyl (C=O) groups is 1. The van der Waals surface area contributed by atoms with E-state index in [0.29, 0.717) is 11.3 Å². The molecule has 1 aliphatic rings. The zero-order valence-corrected chi connectivity index (χ0v) is 14.3. The Balaban J connectivity index is 1.97. The highest BCUT2D eigenvalue weighted by molar-refractivity contribution is 5.93. The van der Waals surface area contributed by atoms with Crippen LogP contribution in [-0.2, 0) is 4.74 Å². The number of nitrogens with one attached hydrogen (secondary N) is 1. The fourth-order valence-electron chi connectivity index (χ4n) is 3.64. The molecule has 128 valence electrons. The summed E-state index contributed by atoms with van der Waals surface area (Å²) in [4.78, 5) is 27.7. The van der Waals surface area contributed by atoms with Crippen LogP contribution in [0.1, 0.15) is 73.7 Å². The highest BCUT2D eigenvalue weighted by atomic mass is 16.5. The normalized spacial score (nSPS) is 16.5. The van der Waals surface area contributed by atoms with Crippen LogP contribution in [0.4, 0.5) is 0 Å². The fourth-order valence-corrected chi connectivity index (χ4v) is 3.64. The first kappa shape index (κ1) is 16.7. The number of fused-ring (bicyclic) bond motifs is 1. The van der Waals surface area contributed by atoms with Gasteiger partial charge in [-0.05, 0) is 43.4 Å². The Morgan fingerprint density at radius 3 is 2.58 bits per heavy atom. The van der Waals surface area contributed by atoms with Crippen molar-refractivity contribution in [2.24, 2.45) is 0 Å². The molecule has 1 saturated carbocycles. The average molecular weight is 327 g/mol. The second-order valence-electron chi connectivity index (χ2n) is 6.60. The summed E-state index contributed by atoms with van der Waals surface area (Å²) < 4.78 is 4.98. The molecule has 3 rings (SSSR count). The van der Waals surface area contributed by atoms with Gasteiger partial charge in [0.25, 0.3) is 0 Å². The molecule has 2 aromatic rings. The van der Waals surface area contributed by atoms with E-state index in [0.717, 1.165) is 5.52 Å². The number of aromatic amines is 1. The van der Waals surface area contributed by atoms with E-state index in [2.05, 4.69) is 11.1 Å². The summed E-state index contributed by atoms with van der Waals surface area (Å²) in [6.45, 7) is 2.00. The van der Waals surface area contributed by atoms with Crippen molar-refractivity contribution in [1.82, 2.24) is 4.98 Å². The second-order valence-corrected chi connectivity index (χ2v) is 6.60. The van der Waals surface area contributed by atoms with Crippen molar-refractivity contribution in [2.45, 2.75) is 57.8 Å². The molecule has 1 aliphatic carbocycles. The summed E-state index contributed by atoms with van der Waals surface area (Å²) in [7, 11) is 0. The minimum absolute atomic E-state index is 0.0826. The molecule has 0 spiro atoms. The van der Waals surface area contributed by atoms with Gasteiger partial charge >= 0.3 is 5.97 Å². The molecule has 0 unspecified atom stereocenters. The van der Waals surface area contributed by atoms with Gasteiger partial charge in [-0.2, -0.15) is 0 Å². The first-order chi connectivity index (χ1) is 11.7. The molecule has 1 aromatic heterocycles. The van der Waals surface area contributed by atoms with E-state index in [4.69, 9.17) is 4.74 Å². The number of hydrogen-bond donors (Lipinski definition) is 1. The van der Waals surface area contributed by atoms with Crippen LogP contribution < -0.4 is 5.43 Å². The van der Waals surface area contributed by atoms with Crippen LogP contribution in [0, 0.1) is 0 Å². The van der Waals surface area contributed by atoms with Gasteiger partial charge in [-0.1, -0.05) is 38.2 Å². The third-order valence-corrected chi connectivity index (χ3v) is 4.98. The number of esters is 1. The van der Waals surface area contributed by atoms with Crippen molar-refractivity contribution in [1.29, 1.82) is 0 Å². The van der Waals surface area contributed by atoms with Crippen LogP contribution in [-0.4, -0.2) is 17.6 Å². The van der Waals surface area contributed by atoms with Gasteiger partial charge in [0.1, 0.15) is 5.56 Å². The van der Waals surface area contributed by atoms with Crippen molar-refractivity contribution < 1.29 is 9.53 Å². The number of ether oxygens (including phenoxy) is 1. The third kappa shape index (κ3) is 3.53. The number of benzene rings is 1. The van der Waals surface area contributed by atoms with Gasteiger partial charge in [0.15, 0.2) is 0 Å². The predicted molar refractivity (Wildman–Crippen MR) is 95.6 cm³/mol. The zero-order valence-electron chi connectivity index (χ0n) is 14.3. The molecule has 0 atom stereocenters. The third-order valence-electron chi connectivity index (χ3n) is 4.98. The molecule has 0 aliphatic heterocycles. The van der Waals surface area contributed by atoms with Crippen molar-refractivity contribution in [3.63, 3.8) is 0 Å². The Labute approximate surface area is 142 Å². The van der Waals surface area contributed by atoms with Crippen LogP contribution >= 0.6 is 0 Å². The van der Waals surface area contributed by atoms with Crippen LogP contribution in [0.2, 0.25) is 0 Å². The predicted octanol–water partition coefficient (Wildman–Crippen LogP) is 4.53. The Morgan fingerprint density at radius 1 is 1.17 bits per heavy atom. The second kappa shape index (κ2) is 7.65. The van der Waals surface area contributed by atoms with Crippen LogP contribution in [0.25, 0.3) is 10.9 Å². The lowest BCUT2D eigenvalue weighted by Gasteiger charge is -2.20. The highest BCUT2D eigenvalue weighted by Gasteiger charge is 2.17. The van der Waals surface area contributed by atoms with E-state index >= 15 is 0 Å². The van der Waals surface area contributed by atoms with Crippen LogP contribution in [0.5, 0.6) is 0 Å². The maximum Gasteiger partial charge on any atom is 0.343 e. The minimum atomic E-state index is -0.558. The molecule has 0 bridgehead atoms. The summed E-state index contributed by atoms with van der Waals surface area (Å²) >= 11 is 0. The Kier molecular flexibility index (Phi) is 5.34. The van der Waals surface area contributed by atoms with Crippen molar-refractivity contribution in [2.75, 3.05) is 6.61 Å². The highest BCUT2D eigenvalue weighted by Crippen LogP contribution is 2.31. The molecule has 24 heavy (non-hydrogen) atoms. The first-order valence-corrected chi connectivity index (χ1v) is 9.03. The minimum Gasteiger partial charge on any atom is -0.462 e. The van der Waals surface area contributed by atoms with Crippen molar-refractivity contribution in [3.05, 3.63) is 45.7 Å². The lowest BCUT2D eigenvalue weighted by molar-refractivity contribution is 0.0524. The first-order valence-electron chi connectivity index (χ1n) is 9.03. The van der Waals surface area contributed by atoms with Crippen LogP contribution in [0.15, 0.2) is 29.2 Å². The van der Waals surface area contributed by atoms with Gasteiger partial charge in [-0.3, -0.25) is 4.79 Å². The molecule has 0 radical (unpaired) electrons. The lowest BCUT2D eigenvalue weighted by atomic mass is 9.85. The summed E-state index contributed by atoms with van der Waals surface area (Å²) in [5.74, 6) is -0.0441. The van der Waals surface area contributed by atoms with Gasteiger partial charge in [-0.25, -0.2) is 4.79 Å². The quantitative estimate of drug-likeness (QED) is 0.842. The average Bonchev–Trinajstić information content (AvgIpc) is 2.55. The topological polar surface area (TPSA) is 59.2 Å². The summed E-state index contributed by atoms with van der Waals surface area (Å²) in [6.07, 6.45) is 10.3. The fraction of sp³-hybridized carbons (Fsp3) is 0.500. The molecular weight excluding hydrogens is 302 g/mol. The molecule has 1 N–H and O–H groups in total. The largest absolute Gasteiger partial charge is 0.462 e. The maximum absolute atomic E-state index is 12.7. The number of carbonyl (C=O) groups excluding carboxylic acids is 1. The van der Waals surface area contributed by atoms with Gasteiger partial charge in [-0.15, -0.1) is 0 Å². The molecule has 0 amide bonds. The van der Waals surface area contributed by atoms with Crippen LogP contribution in [0.3, 0.4) is 0 Å².